The van der Waals surface area contributed by atoms with Gasteiger partial charge in [0, 0.05) is 5.39 Å². The number of benzene rings is 1. The van der Waals surface area contributed by atoms with Crippen molar-refractivity contribution < 1.29 is 4.42 Å². The maximum Gasteiger partial charge on any atom is 0.135 e. The van der Waals surface area contributed by atoms with Crippen molar-refractivity contribution in [2.75, 3.05) is 6.54 Å². The summed E-state index contributed by atoms with van der Waals surface area (Å²) in [7, 11) is 0. The van der Waals surface area contributed by atoms with E-state index in [-0.39, 0.29) is 0 Å². The molecule has 3 heteroatoms. The van der Waals surface area contributed by atoms with Crippen molar-refractivity contribution in [3.05, 3.63) is 35.0 Å². The van der Waals surface area contributed by atoms with Crippen molar-refractivity contribution in [2.45, 2.75) is 12.8 Å². The predicted molar refractivity (Wildman–Crippen MR) is 58.6 cm³/mol. The van der Waals surface area contributed by atoms with Crippen LogP contribution in [0, 0.1) is 0 Å². The van der Waals surface area contributed by atoms with Gasteiger partial charge in [-0.2, -0.15) is 0 Å². The molecule has 0 spiro atoms. The highest BCUT2D eigenvalue weighted by Gasteiger charge is 2.08. The number of halogens is 1. The fourth-order valence-electron chi connectivity index (χ4n) is 1.58. The Morgan fingerprint density at radius 2 is 2.21 bits per heavy atom. The van der Waals surface area contributed by atoms with Crippen LogP contribution < -0.4 is 5.73 Å². The third kappa shape index (κ3) is 1.63. The van der Waals surface area contributed by atoms with E-state index in [2.05, 4.69) is 0 Å². The van der Waals surface area contributed by atoms with Gasteiger partial charge < -0.3 is 10.2 Å². The van der Waals surface area contributed by atoms with Gasteiger partial charge in [0.15, 0.2) is 0 Å². The molecule has 1 aromatic heterocycles. The van der Waals surface area contributed by atoms with Gasteiger partial charge in [0.1, 0.15) is 5.58 Å². The zero-order valence-electron chi connectivity index (χ0n) is 7.79. The lowest BCUT2D eigenvalue weighted by atomic mass is 10.1. The van der Waals surface area contributed by atoms with Gasteiger partial charge in [-0.3, -0.25) is 0 Å². The average Bonchev–Trinajstić information content (AvgIpc) is 2.59. The minimum atomic E-state index is 0.692. The van der Waals surface area contributed by atoms with Crippen LogP contribution in [0.3, 0.4) is 0 Å². The Kier molecular flexibility index (Phi) is 2.75. The van der Waals surface area contributed by atoms with Gasteiger partial charge in [0.25, 0.3) is 0 Å². The zero-order chi connectivity index (χ0) is 9.97. The summed E-state index contributed by atoms with van der Waals surface area (Å²) in [5, 5.41) is 1.78. The molecule has 0 aliphatic rings. The molecule has 0 atom stereocenters. The lowest BCUT2D eigenvalue weighted by molar-refractivity contribution is 0.609. The van der Waals surface area contributed by atoms with Crippen molar-refractivity contribution in [2.24, 2.45) is 5.73 Å². The van der Waals surface area contributed by atoms with Gasteiger partial charge in [0.05, 0.1) is 11.3 Å². The Morgan fingerprint density at radius 3 is 3.00 bits per heavy atom. The molecular weight excluding hydrogens is 198 g/mol. The molecule has 0 radical (unpaired) electrons. The third-order valence-corrected chi connectivity index (χ3v) is 2.59. The van der Waals surface area contributed by atoms with E-state index >= 15 is 0 Å². The van der Waals surface area contributed by atoms with Gasteiger partial charge in [0.2, 0.25) is 0 Å². The van der Waals surface area contributed by atoms with Crippen LogP contribution in [0.2, 0.25) is 5.02 Å². The van der Waals surface area contributed by atoms with Gasteiger partial charge in [-0.15, -0.1) is 0 Å². The number of hydrogen-bond donors (Lipinski definition) is 1. The molecule has 2 aromatic rings. The van der Waals surface area contributed by atoms with Crippen LogP contribution in [0.5, 0.6) is 0 Å². The van der Waals surface area contributed by atoms with Crippen molar-refractivity contribution in [3.63, 3.8) is 0 Å². The second-order valence-electron chi connectivity index (χ2n) is 3.27. The summed E-state index contributed by atoms with van der Waals surface area (Å²) >= 11 is 6.09. The standard InChI is InChI=1S/C11H12ClNO/c12-9-4-1-5-10-11(9)8(7-14-10)3-2-6-13/h1,4-5,7H,2-3,6,13H2. The van der Waals surface area contributed by atoms with Gasteiger partial charge in [-0.25, -0.2) is 0 Å². The summed E-state index contributed by atoms with van der Waals surface area (Å²) in [6.07, 6.45) is 3.65. The number of fused-ring (bicyclic) bond motifs is 1. The topological polar surface area (TPSA) is 39.2 Å². The third-order valence-electron chi connectivity index (χ3n) is 2.27. The van der Waals surface area contributed by atoms with E-state index in [0.29, 0.717) is 6.54 Å². The van der Waals surface area contributed by atoms with E-state index < -0.39 is 0 Å². The molecular formula is C11H12ClNO. The number of rotatable bonds is 3. The number of hydrogen-bond acceptors (Lipinski definition) is 2. The summed E-state index contributed by atoms with van der Waals surface area (Å²) in [6, 6.07) is 5.69. The maximum atomic E-state index is 6.09. The number of furan rings is 1. The second kappa shape index (κ2) is 4.03. The maximum absolute atomic E-state index is 6.09. The first-order valence-electron chi connectivity index (χ1n) is 4.67. The Hall–Kier alpha value is -0.990. The Labute approximate surface area is 87.6 Å². The highest BCUT2D eigenvalue weighted by Crippen LogP contribution is 2.29. The summed E-state index contributed by atoms with van der Waals surface area (Å²) in [4.78, 5) is 0. The highest BCUT2D eigenvalue weighted by molar-refractivity contribution is 6.35. The largest absolute Gasteiger partial charge is 0.464 e. The first kappa shape index (κ1) is 9.56. The quantitative estimate of drug-likeness (QED) is 0.844. The molecule has 0 unspecified atom stereocenters. The van der Waals surface area contributed by atoms with Crippen LogP contribution in [0.15, 0.2) is 28.9 Å². The van der Waals surface area contributed by atoms with E-state index in [9.17, 15) is 0 Å². The SMILES string of the molecule is NCCCc1coc2cccc(Cl)c12. The smallest absolute Gasteiger partial charge is 0.135 e. The molecule has 1 aromatic carbocycles. The monoisotopic (exact) mass is 209 g/mol. The van der Waals surface area contributed by atoms with Crippen molar-refractivity contribution in [1.82, 2.24) is 0 Å². The van der Waals surface area contributed by atoms with Crippen LogP contribution in [0.4, 0.5) is 0 Å². The molecule has 2 N–H and O–H groups in total. The van der Waals surface area contributed by atoms with Gasteiger partial charge in [-0.1, -0.05) is 17.7 Å². The zero-order valence-corrected chi connectivity index (χ0v) is 8.55. The molecule has 2 rings (SSSR count). The number of nitrogens with two attached hydrogens (primary N) is 1. The molecule has 14 heavy (non-hydrogen) atoms. The molecule has 2 nitrogen and oxygen atoms in total. The van der Waals surface area contributed by atoms with Crippen LogP contribution in [0.1, 0.15) is 12.0 Å². The Balaban J connectivity index is 2.45. The minimum Gasteiger partial charge on any atom is -0.464 e. The summed E-state index contributed by atoms with van der Waals surface area (Å²) < 4.78 is 5.40. The lowest BCUT2D eigenvalue weighted by Crippen LogP contribution is -1.99. The van der Waals surface area contributed by atoms with Crippen molar-refractivity contribution in [1.29, 1.82) is 0 Å². The summed E-state index contributed by atoms with van der Waals surface area (Å²) in [5.41, 5.74) is 7.46. The van der Waals surface area contributed by atoms with Crippen molar-refractivity contribution in [3.8, 4) is 0 Å². The van der Waals surface area contributed by atoms with Crippen LogP contribution in [0.25, 0.3) is 11.0 Å². The Bertz CT molecular complexity index is 436. The number of aryl methyl sites for hydroxylation is 1. The molecule has 0 aliphatic carbocycles. The molecule has 0 saturated heterocycles. The molecule has 0 aliphatic heterocycles. The van der Waals surface area contributed by atoms with E-state index in [1.807, 2.05) is 18.2 Å². The summed E-state index contributed by atoms with van der Waals surface area (Å²) in [5.74, 6) is 0. The average molecular weight is 210 g/mol. The van der Waals surface area contributed by atoms with E-state index in [0.717, 1.165) is 34.4 Å². The van der Waals surface area contributed by atoms with Gasteiger partial charge in [-0.05, 0) is 37.1 Å². The molecule has 1 heterocycles. The molecule has 0 saturated carbocycles. The van der Waals surface area contributed by atoms with E-state index in [1.54, 1.807) is 6.26 Å². The second-order valence-corrected chi connectivity index (χ2v) is 3.67. The molecule has 0 bridgehead atoms. The first-order valence-corrected chi connectivity index (χ1v) is 5.05. The van der Waals surface area contributed by atoms with Gasteiger partial charge >= 0.3 is 0 Å². The molecule has 0 amide bonds. The van der Waals surface area contributed by atoms with Crippen LogP contribution in [-0.4, -0.2) is 6.54 Å². The normalized spacial score (nSPS) is 11.0. The van der Waals surface area contributed by atoms with Crippen LogP contribution in [-0.2, 0) is 6.42 Å². The molecule has 0 fully saturated rings. The fourth-order valence-corrected chi connectivity index (χ4v) is 1.87. The lowest BCUT2D eigenvalue weighted by Gasteiger charge is -1.97. The van der Waals surface area contributed by atoms with E-state index in [4.69, 9.17) is 21.8 Å². The van der Waals surface area contributed by atoms with Crippen molar-refractivity contribution >= 4 is 22.6 Å². The highest BCUT2D eigenvalue weighted by atomic mass is 35.5. The summed E-state index contributed by atoms with van der Waals surface area (Å²) in [6.45, 7) is 0.692. The molecule has 74 valence electrons. The first-order chi connectivity index (χ1) is 6.83. The predicted octanol–water partition coefficient (Wildman–Crippen LogP) is 2.98. The minimum absolute atomic E-state index is 0.692. The Morgan fingerprint density at radius 1 is 1.36 bits per heavy atom. The van der Waals surface area contributed by atoms with Crippen LogP contribution >= 0.6 is 11.6 Å². The van der Waals surface area contributed by atoms with E-state index in [1.165, 1.54) is 0 Å². The fraction of sp³-hybridized carbons (Fsp3) is 0.273.